The van der Waals surface area contributed by atoms with Crippen LogP contribution in [-0.4, -0.2) is 60.0 Å². The van der Waals surface area contributed by atoms with Gasteiger partial charge in [-0.3, -0.25) is 9.69 Å². The van der Waals surface area contributed by atoms with Crippen LogP contribution < -0.4 is 0 Å². The van der Waals surface area contributed by atoms with Crippen molar-refractivity contribution in [2.75, 3.05) is 32.8 Å². The third kappa shape index (κ3) is 4.75. The van der Waals surface area contributed by atoms with Gasteiger partial charge in [-0.05, 0) is 32.7 Å². The largest absolute Gasteiger partial charge is 0.481 e. The molecule has 0 aromatic heterocycles. The van der Waals surface area contributed by atoms with E-state index in [4.69, 9.17) is 4.74 Å². The quantitative estimate of drug-likeness (QED) is 0.698. The summed E-state index contributed by atoms with van der Waals surface area (Å²) in [4.78, 5) is 13.6. The molecule has 5 heteroatoms. The van der Waals surface area contributed by atoms with E-state index in [9.17, 15) is 15.0 Å². The third-order valence-electron chi connectivity index (χ3n) is 3.82. The molecule has 1 aliphatic heterocycles. The summed E-state index contributed by atoms with van der Waals surface area (Å²) in [6.45, 7) is 6.73. The van der Waals surface area contributed by atoms with Gasteiger partial charge < -0.3 is 14.9 Å². The minimum absolute atomic E-state index is 0.320. The van der Waals surface area contributed by atoms with Gasteiger partial charge in [0.15, 0.2) is 0 Å². The number of nitrogens with zero attached hydrogens (tertiary/aromatic N) is 1. The maximum atomic E-state index is 11.6. The first-order valence-electron chi connectivity index (χ1n) is 7.25. The molecule has 0 aromatic rings. The number of carboxylic acids is 1. The van der Waals surface area contributed by atoms with Crippen molar-refractivity contribution in [1.82, 2.24) is 4.90 Å². The van der Waals surface area contributed by atoms with Crippen LogP contribution in [0.5, 0.6) is 0 Å². The molecule has 0 amide bonds. The van der Waals surface area contributed by atoms with Gasteiger partial charge in [0.2, 0.25) is 0 Å². The second-order valence-electron chi connectivity index (χ2n) is 5.49. The number of aliphatic hydroxyl groups excluding tert-OH is 1. The van der Waals surface area contributed by atoms with Crippen LogP contribution >= 0.6 is 0 Å². The highest BCUT2D eigenvalue weighted by Crippen LogP contribution is 2.35. The number of β-amino-alcohol motifs (C(OH)–C–C–N with tert-alkyl or cyclic N) is 1. The number of ether oxygens (including phenoxy) is 1. The standard InChI is InChI=1S/C14H27NO4/c1-3-6-14(13(17)18)7-5-8-15(11-14)9-12(16)10-19-4-2/h12,16H,3-11H2,1-2H3,(H,17,18). The molecule has 2 unspecified atom stereocenters. The van der Waals surface area contributed by atoms with Crippen molar-refractivity contribution in [3.63, 3.8) is 0 Å². The predicted octanol–water partition coefficient (Wildman–Crippen LogP) is 1.35. The molecule has 5 nitrogen and oxygen atoms in total. The molecule has 0 bridgehead atoms. The van der Waals surface area contributed by atoms with Crippen LogP contribution in [-0.2, 0) is 9.53 Å². The average molecular weight is 273 g/mol. The Labute approximate surface area is 115 Å². The van der Waals surface area contributed by atoms with Gasteiger partial charge in [0.25, 0.3) is 0 Å². The molecule has 1 heterocycles. The summed E-state index contributed by atoms with van der Waals surface area (Å²) in [5.74, 6) is -0.696. The number of aliphatic carboxylic acids is 1. The highest BCUT2D eigenvalue weighted by molar-refractivity contribution is 5.75. The first-order valence-corrected chi connectivity index (χ1v) is 7.25. The van der Waals surface area contributed by atoms with E-state index >= 15 is 0 Å². The molecule has 112 valence electrons. The van der Waals surface area contributed by atoms with E-state index in [1.165, 1.54) is 0 Å². The van der Waals surface area contributed by atoms with Gasteiger partial charge in [0, 0.05) is 19.7 Å². The van der Waals surface area contributed by atoms with E-state index in [0.717, 1.165) is 25.8 Å². The molecular weight excluding hydrogens is 246 g/mol. The van der Waals surface area contributed by atoms with Crippen LogP contribution in [0, 0.1) is 5.41 Å². The molecule has 0 saturated carbocycles. The van der Waals surface area contributed by atoms with E-state index < -0.39 is 17.5 Å². The highest BCUT2D eigenvalue weighted by atomic mass is 16.5. The van der Waals surface area contributed by atoms with E-state index in [2.05, 4.69) is 4.90 Å². The van der Waals surface area contributed by atoms with Gasteiger partial charge in [-0.1, -0.05) is 13.3 Å². The Bertz CT molecular complexity index is 281. The van der Waals surface area contributed by atoms with Gasteiger partial charge >= 0.3 is 5.97 Å². The number of piperidine rings is 1. The number of hydrogen-bond donors (Lipinski definition) is 2. The average Bonchev–Trinajstić information content (AvgIpc) is 2.37. The Morgan fingerprint density at radius 3 is 2.79 bits per heavy atom. The number of aliphatic hydroxyl groups is 1. The van der Waals surface area contributed by atoms with Gasteiger partial charge in [0.1, 0.15) is 0 Å². The summed E-state index contributed by atoms with van der Waals surface area (Å²) in [5, 5.41) is 19.4. The highest BCUT2D eigenvalue weighted by Gasteiger charge is 2.41. The number of hydrogen-bond acceptors (Lipinski definition) is 4. The molecule has 2 N–H and O–H groups in total. The Balaban J connectivity index is 2.54. The van der Waals surface area contributed by atoms with E-state index in [1.807, 2.05) is 13.8 Å². The van der Waals surface area contributed by atoms with E-state index in [-0.39, 0.29) is 0 Å². The number of rotatable bonds is 8. The van der Waals surface area contributed by atoms with Crippen molar-refractivity contribution in [3.8, 4) is 0 Å². The van der Waals surface area contributed by atoms with Gasteiger partial charge in [-0.15, -0.1) is 0 Å². The second kappa shape index (κ2) is 7.82. The topological polar surface area (TPSA) is 70.0 Å². The Kier molecular flexibility index (Phi) is 6.75. The van der Waals surface area contributed by atoms with Crippen molar-refractivity contribution in [2.24, 2.45) is 5.41 Å². The minimum atomic E-state index is -0.696. The molecular formula is C14H27NO4. The lowest BCUT2D eigenvalue weighted by molar-refractivity contribution is -0.153. The normalized spacial score (nSPS) is 26.3. The van der Waals surface area contributed by atoms with E-state index in [1.54, 1.807) is 0 Å². The van der Waals surface area contributed by atoms with Gasteiger partial charge in [-0.25, -0.2) is 0 Å². The Hall–Kier alpha value is -0.650. The zero-order valence-corrected chi connectivity index (χ0v) is 12.1. The Morgan fingerprint density at radius 2 is 2.21 bits per heavy atom. The zero-order valence-electron chi connectivity index (χ0n) is 12.1. The van der Waals surface area contributed by atoms with Crippen LogP contribution in [0.3, 0.4) is 0 Å². The van der Waals surface area contributed by atoms with Crippen molar-refractivity contribution in [2.45, 2.75) is 45.6 Å². The first-order chi connectivity index (χ1) is 9.04. The van der Waals surface area contributed by atoms with Crippen molar-refractivity contribution in [1.29, 1.82) is 0 Å². The number of carboxylic acid groups (broad SMARTS) is 1. The summed E-state index contributed by atoms with van der Waals surface area (Å²) >= 11 is 0. The Morgan fingerprint density at radius 1 is 1.47 bits per heavy atom. The number of likely N-dealkylation sites (tertiary alicyclic amines) is 1. The fraction of sp³-hybridized carbons (Fsp3) is 0.929. The maximum absolute atomic E-state index is 11.6. The lowest BCUT2D eigenvalue weighted by Crippen LogP contribution is -2.50. The van der Waals surface area contributed by atoms with E-state index in [0.29, 0.717) is 32.7 Å². The molecule has 2 atom stereocenters. The molecule has 1 rings (SSSR count). The van der Waals surface area contributed by atoms with Crippen molar-refractivity contribution >= 4 is 5.97 Å². The van der Waals surface area contributed by atoms with Gasteiger partial charge in [0.05, 0.1) is 18.1 Å². The molecule has 0 radical (unpaired) electrons. The van der Waals surface area contributed by atoms with Crippen LogP contribution in [0.4, 0.5) is 0 Å². The summed E-state index contributed by atoms with van der Waals surface area (Å²) in [6.07, 6.45) is 2.68. The fourth-order valence-corrected chi connectivity index (χ4v) is 2.95. The molecule has 19 heavy (non-hydrogen) atoms. The molecule has 0 aliphatic carbocycles. The van der Waals surface area contributed by atoms with Crippen molar-refractivity contribution in [3.05, 3.63) is 0 Å². The summed E-state index contributed by atoms with van der Waals surface area (Å²) in [6, 6.07) is 0. The smallest absolute Gasteiger partial charge is 0.310 e. The molecule has 1 fully saturated rings. The number of carbonyl (C=O) groups is 1. The second-order valence-corrected chi connectivity index (χ2v) is 5.49. The molecule has 0 spiro atoms. The lowest BCUT2D eigenvalue weighted by Gasteiger charge is -2.40. The third-order valence-corrected chi connectivity index (χ3v) is 3.82. The SMILES string of the molecule is CCCC1(C(=O)O)CCCN(CC(O)COCC)C1. The van der Waals surface area contributed by atoms with Crippen LogP contribution in [0.25, 0.3) is 0 Å². The van der Waals surface area contributed by atoms with Crippen molar-refractivity contribution < 1.29 is 19.7 Å². The molecule has 1 saturated heterocycles. The molecule has 0 aromatic carbocycles. The monoisotopic (exact) mass is 273 g/mol. The predicted molar refractivity (Wildman–Crippen MR) is 73.2 cm³/mol. The van der Waals surface area contributed by atoms with Crippen LogP contribution in [0.2, 0.25) is 0 Å². The minimum Gasteiger partial charge on any atom is -0.481 e. The van der Waals surface area contributed by atoms with Crippen LogP contribution in [0.15, 0.2) is 0 Å². The first kappa shape index (κ1) is 16.4. The summed E-state index contributed by atoms with van der Waals surface area (Å²) < 4.78 is 5.19. The lowest BCUT2D eigenvalue weighted by atomic mass is 9.76. The summed E-state index contributed by atoms with van der Waals surface area (Å²) in [5.41, 5.74) is -0.627. The summed E-state index contributed by atoms with van der Waals surface area (Å²) in [7, 11) is 0. The van der Waals surface area contributed by atoms with Gasteiger partial charge in [-0.2, -0.15) is 0 Å². The fourth-order valence-electron chi connectivity index (χ4n) is 2.95. The zero-order chi connectivity index (χ0) is 14.3. The van der Waals surface area contributed by atoms with Crippen LogP contribution in [0.1, 0.15) is 39.5 Å². The molecule has 1 aliphatic rings. The maximum Gasteiger partial charge on any atom is 0.310 e.